The number of ether oxygens (including phenoxy) is 2. The molecule has 29 heavy (non-hydrogen) atoms. The molecule has 3 aromatic rings. The molecule has 0 radical (unpaired) electrons. The maximum atomic E-state index is 12.8. The summed E-state index contributed by atoms with van der Waals surface area (Å²) in [5, 5.41) is 6.22. The molecule has 0 bridgehead atoms. The number of imide groups is 1. The molecule has 3 aromatic carbocycles. The molecule has 1 heterocycles. The zero-order valence-corrected chi connectivity index (χ0v) is 15.1. The molecule has 0 atom stereocenters. The molecule has 0 saturated carbocycles. The summed E-state index contributed by atoms with van der Waals surface area (Å²) in [6.07, 6.45) is 1.28. The Bertz CT molecular complexity index is 1110. The third-order valence-electron chi connectivity index (χ3n) is 4.48. The Morgan fingerprint density at radius 1 is 0.966 bits per heavy atom. The van der Waals surface area contributed by atoms with Crippen molar-refractivity contribution >= 4 is 28.8 Å². The van der Waals surface area contributed by atoms with Crippen molar-refractivity contribution in [2.75, 3.05) is 7.11 Å². The number of carbonyl (C=O) groups excluding carboxylic acids is 2. The number of rotatable bonds is 5. The van der Waals surface area contributed by atoms with Crippen LogP contribution in [-0.4, -0.2) is 36.8 Å². The van der Waals surface area contributed by atoms with E-state index in [4.69, 9.17) is 4.74 Å². The first-order valence-electron chi connectivity index (χ1n) is 8.57. The van der Waals surface area contributed by atoms with E-state index in [2.05, 4.69) is 9.84 Å². The van der Waals surface area contributed by atoms with E-state index >= 15 is 0 Å². The normalized spacial score (nSPS) is 13.6. The minimum atomic E-state index is -2.99. The van der Waals surface area contributed by atoms with E-state index in [0.717, 1.165) is 10.4 Å². The highest BCUT2D eigenvalue weighted by molar-refractivity contribution is 6.25. The van der Waals surface area contributed by atoms with E-state index in [1.165, 1.54) is 31.5 Å². The molecule has 8 heteroatoms. The fourth-order valence-corrected chi connectivity index (χ4v) is 3.20. The highest BCUT2D eigenvalue weighted by Crippen LogP contribution is 2.31. The summed E-state index contributed by atoms with van der Waals surface area (Å²) >= 11 is 0. The van der Waals surface area contributed by atoms with Crippen molar-refractivity contribution in [2.24, 2.45) is 5.10 Å². The standard InChI is InChI=1S/C21H14F2N2O4/c1-28-17-10-12(8-9-16(17)29-21(22)23)11-24-25-19(26)14-6-2-4-13-5-3-7-15(18(13)14)20(25)27/h2-11,21H,1H3/b24-11-. The van der Waals surface area contributed by atoms with Crippen LogP contribution in [0.4, 0.5) is 8.78 Å². The number of hydrogen-bond acceptors (Lipinski definition) is 5. The van der Waals surface area contributed by atoms with Crippen molar-refractivity contribution in [3.63, 3.8) is 0 Å². The Hall–Kier alpha value is -3.81. The topological polar surface area (TPSA) is 68.2 Å². The largest absolute Gasteiger partial charge is 0.493 e. The van der Waals surface area contributed by atoms with E-state index in [1.54, 1.807) is 24.3 Å². The van der Waals surface area contributed by atoms with Gasteiger partial charge in [0.2, 0.25) is 0 Å². The lowest BCUT2D eigenvalue weighted by Gasteiger charge is -2.23. The van der Waals surface area contributed by atoms with E-state index in [0.29, 0.717) is 22.1 Å². The molecule has 0 unspecified atom stereocenters. The third kappa shape index (κ3) is 3.29. The van der Waals surface area contributed by atoms with Gasteiger partial charge in [0.25, 0.3) is 11.8 Å². The molecular formula is C21H14F2N2O4. The smallest absolute Gasteiger partial charge is 0.387 e. The Morgan fingerprint density at radius 3 is 2.21 bits per heavy atom. The molecule has 6 nitrogen and oxygen atoms in total. The number of alkyl halides is 2. The van der Waals surface area contributed by atoms with Gasteiger partial charge in [-0.05, 0) is 41.3 Å². The highest BCUT2D eigenvalue weighted by Gasteiger charge is 2.32. The molecule has 0 aliphatic carbocycles. The summed E-state index contributed by atoms with van der Waals surface area (Å²) in [4.78, 5) is 25.6. The lowest BCUT2D eigenvalue weighted by molar-refractivity contribution is -0.0512. The molecule has 0 N–H and O–H groups in total. The lowest BCUT2D eigenvalue weighted by atomic mass is 9.95. The number of amides is 2. The molecule has 1 aliphatic rings. The molecular weight excluding hydrogens is 382 g/mol. The molecule has 2 amide bonds. The second-order valence-electron chi connectivity index (χ2n) is 6.16. The first kappa shape index (κ1) is 18.5. The molecule has 1 aliphatic heterocycles. The lowest BCUT2D eigenvalue weighted by Crippen LogP contribution is -2.36. The van der Waals surface area contributed by atoms with Crippen molar-refractivity contribution in [3.05, 3.63) is 71.3 Å². The minimum absolute atomic E-state index is 0.0701. The number of hydrogen-bond donors (Lipinski definition) is 0. The quantitative estimate of drug-likeness (QED) is 0.481. The Kier molecular flexibility index (Phi) is 4.67. The Morgan fingerprint density at radius 2 is 1.62 bits per heavy atom. The van der Waals surface area contributed by atoms with Crippen LogP contribution in [0.5, 0.6) is 11.5 Å². The maximum absolute atomic E-state index is 12.8. The predicted octanol–water partition coefficient (Wildman–Crippen LogP) is 4.08. The molecule has 4 rings (SSSR count). The van der Waals surface area contributed by atoms with Crippen LogP contribution in [0.15, 0.2) is 59.7 Å². The molecule has 0 aromatic heterocycles. The molecule has 0 saturated heterocycles. The molecule has 146 valence electrons. The SMILES string of the molecule is COc1cc(/C=N\N2C(=O)c3cccc4cccc(c34)C2=O)ccc1OC(F)F. The van der Waals surface area contributed by atoms with Crippen molar-refractivity contribution < 1.29 is 27.8 Å². The van der Waals surface area contributed by atoms with Crippen LogP contribution in [0.1, 0.15) is 26.3 Å². The Balaban J connectivity index is 1.67. The zero-order valence-electron chi connectivity index (χ0n) is 15.1. The number of benzene rings is 3. The third-order valence-corrected chi connectivity index (χ3v) is 4.48. The summed E-state index contributed by atoms with van der Waals surface area (Å²) in [6.45, 7) is -2.99. The number of halogens is 2. The molecule has 0 spiro atoms. The van der Waals surface area contributed by atoms with Crippen LogP contribution in [0.3, 0.4) is 0 Å². The van der Waals surface area contributed by atoms with Crippen LogP contribution in [-0.2, 0) is 0 Å². The van der Waals surface area contributed by atoms with Gasteiger partial charge < -0.3 is 9.47 Å². The van der Waals surface area contributed by atoms with Gasteiger partial charge >= 0.3 is 6.61 Å². The van der Waals surface area contributed by atoms with Crippen molar-refractivity contribution in [2.45, 2.75) is 6.61 Å². The first-order chi connectivity index (χ1) is 14.0. The van der Waals surface area contributed by atoms with Gasteiger partial charge in [-0.15, -0.1) is 0 Å². The van der Waals surface area contributed by atoms with E-state index in [-0.39, 0.29) is 11.5 Å². The summed E-state index contributed by atoms with van der Waals surface area (Å²) < 4.78 is 34.3. The fraction of sp³-hybridized carbons (Fsp3) is 0.0952. The van der Waals surface area contributed by atoms with Gasteiger partial charge in [-0.1, -0.05) is 24.3 Å². The van der Waals surface area contributed by atoms with Crippen LogP contribution < -0.4 is 9.47 Å². The maximum Gasteiger partial charge on any atom is 0.387 e. The highest BCUT2D eigenvalue weighted by atomic mass is 19.3. The van der Waals surface area contributed by atoms with Gasteiger partial charge in [0.1, 0.15) is 0 Å². The van der Waals surface area contributed by atoms with E-state index in [1.807, 2.05) is 12.1 Å². The number of methoxy groups -OCH3 is 1. The van der Waals surface area contributed by atoms with E-state index in [9.17, 15) is 18.4 Å². The van der Waals surface area contributed by atoms with Crippen LogP contribution >= 0.6 is 0 Å². The van der Waals surface area contributed by atoms with Gasteiger partial charge in [0, 0.05) is 5.39 Å². The number of nitrogens with zero attached hydrogens (tertiary/aromatic N) is 2. The van der Waals surface area contributed by atoms with Crippen molar-refractivity contribution in [3.8, 4) is 11.5 Å². The number of hydrazone groups is 1. The first-order valence-corrected chi connectivity index (χ1v) is 8.57. The van der Waals surface area contributed by atoms with Crippen molar-refractivity contribution in [1.29, 1.82) is 0 Å². The van der Waals surface area contributed by atoms with Gasteiger partial charge in [-0.2, -0.15) is 18.9 Å². The van der Waals surface area contributed by atoms with Crippen LogP contribution in [0.25, 0.3) is 10.8 Å². The average molecular weight is 396 g/mol. The number of carbonyl (C=O) groups is 2. The minimum Gasteiger partial charge on any atom is -0.493 e. The summed E-state index contributed by atoms with van der Waals surface area (Å²) in [6, 6.07) is 14.6. The van der Waals surface area contributed by atoms with E-state index < -0.39 is 18.4 Å². The monoisotopic (exact) mass is 396 g/mol. The van der Waals surface area contributed by atoms with Gasteiger partial charge in [-0.3, -0.25) is 9.59 Å². The average Bonchev–Trinajstić information content (AvgIpc) is 2.72. The van der Waals surface area contributed by atoms with Gasteiger partial charge in [0.05, 0.1) is 24.5 Å². The summed E-state index contributed by atoms with van der Waals surface area (Å²) in [5.74, 6) is -1.15. The van der Waals surface area contributed by atoms with Crippen LogP contribution in [0, 0.1) is 0 Å². The second-order valence-corrected chi connectivity index (χ2v) is 6.16. The summed E-state index contributed by atoms with van der Waals surface area (Å²) in [7, 11) is 1.31. The molecule has 0 fully saturated rings. The van der Waals surface area contributed by atoms with Gasteiger partial charge in [0.15, 0.2) is 11.5 Å². The Labute approximate surface area is 163 Å². The van der Waals surface area contributed by atoms with Crippen LogP contribution in [0.2, 0.25) is 0 Å². The fourth-order valence-electron chi connectivity index (χ4n) is 3.20. The second kappa shape index (κ2) is 7.31. The van der Waals surface area contributed by atoms with Crippen molar-refractivity contribution in [1.82, 2.24) is 5.01 Å². The zero-order chi connectivity index (χ0) is 20.5. The predicted molar refractivity (Wildman–Crippen MR) is 102 cm³/mol. The van der Waals surface area contributed by atoms with Gasteiger partial charge in [-0.25, -0.2) is 0 Å². The summed E-state index contributed by atoms with van der Waals surface area (Å²) in [5.41, 5.74) is 1.20.